The summed E-state index contributed by atoms with van der Waals surface area (Å²) in [6.07, 6.45) is -3.20. The summed E-state index contributed by atoms with van der Waals surface area (Å²) < 4.78 is 24.6. The van der Waals surface area contributed by atoms with Gasteiger partial charge in [-0.1, -0.05) is 27.7 Å². The number of epoxide rings is 1. The van der Waals surface area contributed by atoms with Gasteiger partial charge in [-0.15, -0.1) is 11.8 Å². The average molecular weight is 705 g/mol. The monoisotopic (exact) mass is 704 g/mol. The zero-order valence-corrected chi connectivity index (χ0v) is 30.6. The van der Waals surface area contributed by atoms with Gasteiger partial charge < -0.3 is 50.0 Å². The van der Waals surface area contributed by atoms with Crippen molar-refractivity contribution in [3.05, 3.63) is 0 Å². The summed E-state index contributed by atoms with van der Waals surface area (Å²) >= 11 is 0.981. The Hall–Kier alpha value is -1.36. The van der Waals surface area contributed by atoms with Crippen LogP contribution in [0.1, 0.15) is 86.5 Å². The lowest BCUT2D eigenvalue weighted by atomic mass is 9.78. The Morgan fingerprint density at radius 3 is 2.42 bits per heavy atom. The summed E-state index contributed by atoms with van der Waals surface area (Å²) in [4.78, 5) is 40.1. The van der Waals surface area contributed by atoms with Crippen molar-refractivity contribution in [2.75, 3.05) is 19.8 Å². The molecule has 3 heterocycles. The van der Waals surface area contributed by atoms with Crippen molar-refractivity contribution in [1.29, 1.82) is 0 Å². The van der Waals surface area contributed by atoms with Gasteiger partial charge in [-0.2, -0.15) is 0 Å². The third-order valence-corrected chi connectivity index (χ3v) is 11.7. The van der Waals surface area contributed by atoms with E-state index in [0.717, 1.165) is 11.8 Å². The molecular formula is C34H60N2O11S. The predicted molar refractivity (Wildman–Crippen MR) is 180 cm³/mol. The molecule has 3 aliphatic heterocycles. The highest BCUT2D eigenvalue weighted by Gasteiger charge is 2.56. The number of hydrogen-bond donors (Lipinski definition) is 5. The summed E-state index contributed by atoms with van der Waals surface area (Å²) in [6, 6.07) is -1.46. The van der Waals surface area contributed by atoms with E-state index < -0.39 is 77.5 Å². The van der Waals surface area contributed by atoms with Gasteiger partial charge in [-0.25, -0.2) is 0 Å². The first kappa shape index (κ1) is 41.1. The number of ketones is 1. The van der Waals surface area contributed by atoms with Crippen molar-refractivity contribution < 1.29 is 53.8 Å². The maximum absolute atomic E-state index is 13.6. The molecule has 3 saturated heterocycles. The highest BCUT2D eigenvalue weighted by molar-refractivity contribution is 7.99. The number of likely N-dealkylation sites (N-methyl/N-ethyl adjacent to an activating group) is 1. The first-order valence-electron chi connectivity index (χ1n) is 17.4. The number of ether oxygens (including phenoxy) is 4. The number of fused-ring (bicyclic) bond motifs is 1. The van der Waals surface area contributed by atoms with Gasteiger partial charge >= 0.3 is 11.9 Å². The van der Waals surface area contributed by atoms with Crippen LogP contribution in [-0.4, -0.2) is 129 Å². The van der Waals surface area contributed by atoms with Gasteiger partial charge in [-0.05, 0) is 66.0 Å². The molecule has 0 unspecified atom stereocenters. The standard InChI is InChI=1S/C34H60N2O11S/c1-9-26-20(5)31-34(6,47-31)11-10-24(37)17(2)12-21(14-28(40)48-16-22(35)32(42)43)30(19(4)25(38)15-27(39)45-26)46-33-29(41)23(36(7)8)13-18(3)44-33/h17-23,25-26,28-31,33,38,40-41H,9-16,35H2,1-8H3,(H,42,43)/t17-,18-,19+,20-,21-,22+,23-,25-,26-,28+,29+,30-,31+,33+,34+/m1/s1. The topological polar surface area (TPSA) is 202 Å². The minimum absolute atomic E-state index is 0.0194. The third kappa shape index (κ3) is 10.8. The summed E-state index contributed by atoms with van der Waals surface area (Å²) in [6.45, 7) is 11.3. The van der Waals surface area contributed by atoms with Gasteiger partial charge in [0.15, 0.2) is 6.29 Å². The van der Waals surface area contributed by atoms with Crippen molar-refractivity contribution in [2.45, 2.75) is 153 Å². The number of thioether (sulfide) groups is 1. The van der Waals surface area contributed by atoms with Gasteiger partial charge in [0.2, 0.25) is 0 Å². The Bertz CT molecular complexity index is 1080. The Morgan fingerprint density at radius 1 is 1.15 bits per heavy atom. The average Bonchev–Trinajstić information content (AvgIpc) is 3.70. The highest BCUT2D eigenvalue weighted by Crippen LogP contribution is 2.47. The molecule has 6 N–H and O–H groups in total. The number of carboxylic acids is 1. The van der Waals surface area contributed by atoms with E-state index in [2.05, 4.69) is 0 Å². The maximum Gasteiger partial charge on any atom is 0.321 e. The van der Waals surface area contributed by atoms with Crippen LogP contribution in [-0.2, 0) is 33.3 Å². The first-order valence-corrected chi connectivity index (χ1v) is 18.4. The molecule has 0 aromatic carbocycles. The molecule has 278 valence electrons. The number of nitrogens with zero attached hydrogens (tertiary/aromatic N) is 1. The number of hydrogen-bond acceptors (Lipinski definition) is 13. The molecule has 3 aliphatic rings. The molecule has 48 heavy (non-hydrogen) atoms. The molecule has 13 nitrogen and oxygen atoms in total. The number of rotatable bonds is 10. The quantitative estimate of drug-likeness (QED) is 0.126. The van der Waals surface area contributed by atoms with Crippen LogP contribution in [0.2, 0.25) is 0 Å². The number of cyclic esters (lactones) is 1. The van der Waals surface area contributed by atoms with Crippen molar-refractivity contribution in [3.8, 4) is 0 Å². The Labute approximate surface area is 289 Å². The molecule has 0 aromatic rings. The molecule has 3 rings (SSSR count). The Balaban J connectivity index is 1.99. The van der Waals surface area contributed by atoms with Crippen LogP contribution in [0.15, 0.2) is 0 Å². The molecule has 3 fully saturated rings. The molecule has 14 heteroatoms. The van der Waals surface area contributed by atoms with Gasteiger partial charge in [0.05, 0.1) is 41.9 Å². The fraction of sp³-hybridized carbons (Fsp3) is 0.912. The van der Waals surface area contributed by atoms with Crippen molar-refractivity contribution in [3.63, 3.8) is 0 Å². The van der Waals surface area contributed by atoms with Crippen molar-refractivity contribution >= 4 is 29.5 Å². The number of aliphatic carboxylic acids is 1. The van der Waals surface area contributed by atoms with E-state index in [0.29, 0.717) is 19.3 Å². The van der Waals surface area contributed by atoms with Crippen LogP contribution in [0.3, 0.4) is 0 Å². The maximum atomic E-state index is 13.6. The van der Waals surface area contributed by atoms with Crippen LogP contribution in [0, 0.1) is 23.7 Å². The number of aliphatic hydroxyl groups is 3. The molecule has 0 saturated carbocycles. The van der Waals surface area contributed by atoms with Crippen LogP contribution < -0.4 is 5.73 Å². The second kappa shape index (κ2) is 17.7. The van der Waals surface area contributed by atoms with E-state index in [1.807, 2.05) is 53.6 Å². The number of esters is 1. The lowest BCUT2D eigenvalue weighted by Crippen LogP contribution is -2.56. The third-order valence-electron chi connectivity index (χ3n) is 10.6. The van der Waals surface area contributed by atoms with Gasteiger partial charge in [0.1, 0.15) is 24.0 Å². The fourth-order valence-electron chi connectivity index (χ4n) is 7.33. The smallest absolute Gasteiger partial charge is 0.321 e. The molecule has 0 aromatic heterocycles. The minimum Gasteiger partial charge on any atom is -0.480 e. The summed E-state index contributed by atoms with van der Waals surface area (Å²) in [5.74, 6) is -3.65. The number of carbonyl (C=O) groups is 3. The second-order valence-electron chi connectivity index (χ2n) is 14.8. The van der Waals surface area contributed by atoms with Crippen molar-refractivity contribution in [1.82, 2.24) is 4.90 Å². The second-order valence-corrected chi connectivity index (χ2v) is 16.0. The fourth-order valence-corrected chi connectivity index (χ4v) is 8.28. The molecular weight excluding hydrogens is 644 g/mol. The largest absolute Gasteiger partial charge is 0.480 e. The van der Waals surface area contributed by atoms with Crippen LogP contribution >= 0.6 is 11.8 Å². The van der Waals surface area contributed by atoms with E-state index in [4.69, 9.17) is 24.7 Å². The van der Waals surface area contributed by atoms with Gasteiger partial charge in [-0.3, -0.25) is 14.4 Å². The van der Waals surface area contributed by atoms with E-state index in [1.54, 1.807) is 6.92 Å². The Kier molecular flexibility index (Phi) is 15.2. The van der Waals surface area contributed by atoms with Crippen LogP contribution in [0.5, 0.6) is 0 Å². The number of Topliss-reactive ketones (excluding diaryl/α,β-unsaturated/α-hetero) is 1. The molecule has 0 bridgehead atoms. The predicted octanol–water partition coefficient (Wildman–Crippen LogP) is 2.16. The number of aliphatic hydroxyl groups excluding tert-OH is 3. The van der Waals surface area contributed by atoms with E-state index in [1.165, 1.54) is 0 Å². The van der Waals surface area contributed by atoms with E-state index >= 15 is 0 Å². The minimum atomic E-state index is -1.23. The molecule has 0 aliphatic carbocycles. The van der Waals surface area contributed by atoms with Crippen LogP contribution in [0.25, 0.3) is 0 Å². The highest BCUT2D eigenvalue weighted by atomic mass is 32.2. The number of carboxylic acid groups (broad SMARTS) is 1. The lowest BCUT2D eigenvalue weighted by molar-refractivity contribution is -0.283. The van der Waals surface area contributed by atoms with Gasteiger partial charge in [0, 0.05) is 36.0 Å². The number of nitrogens with two attached hydrogens (primary N) is 1. The van der Waals surface area contributed by atoms with Crippen LogP contribution in [0.4, 0.5) is 0 Å². The SMILES string of the molecule is CC[C@H]1OC(=O)C[C@@H](O)[C@H](C)[C@@H](O[C@@H]2O[C@H](C)C[C@@H](N(C)C)[C@@H]2O)[C@@H](C[C@@H](O)SC[C@H](N)C(=O)O)C[C@@H](C)C(=O)CC[C@]2(C)O[C@H]2[C@@H]1C. The number of carbonyl (C=O) groups excluding carboxylic acids is 2. The summed E-state index contributed by atoms with van der Waals surface area (Å²) in [5.41, 5.74) is 4.10. The first-order chi connectivity index (χ1) is 22.4. The van der Waals surface area contributed by atoms with E-state index in [-0.39, 0.29) is 61.4 Å². The molecule has 0 radical (unpaired) electrons. The van der Waals surface area contributed by atoms with Crippen molar-refractivity contribution in [2.24, 2.45) is 29.4 Å². The van der Waals surface area contributed by atoms with Gasteiger partial charge in [0.25, 0.3) is 0 Å². The normalized spacial score (nSPS) is 41.7. The summed E-state index contributed by atoms with van der Waals surface area (Å²) in [7, 11) is 3.72. The summed E-state index contributed by atoms with van der Waals surface area (Å²) in [5, 5.41) is 43.3. The van der Waals surface area contributed by atoms with E-state index in [9.17, 15) is 34.8 Å². The zero-order chi connectivity index (χ0) is 36.1. The zero-order valence-electron chi connectivity index (χ0n) is 29.8. The molecule has 0 amide bonds. The Morgan fingerprint density at radius 2 is 1.81 bits per heavy atom. The molecule has 15 atom stereocenters. The molecule has 0 spiro atoms. The lowest BCUT2D eigenvalue weighted by Gasteiger charge is -2.44.